The number of carbonyl (C=O) groups is 1. The molecule has 4 aromatic rings. The average Bonchev–Trinajstić information content (AvgIpc) is 3.07. The third-order valence-electron chi connectivity index (χ3n) is 4.29. The third kappa shape index (κ3) is 3.05. The Balaban J connectivity index is 1.71. The van der Waals surface area contributed by atoms with E-state index in [1.165, 1.54) is 0 Å². The molecule has 0 aliphatic rings. The molecule has 0 amide bonds. The first-order valence-corrected chi connectivity index (χ1v) is 8.33. The van der Waals surface area contributed by atoms with Crippen LogP contribution in [0.1, 0.15) is 16.1 Å². The van der Waals surface area contributed by atoms with Gasteiger partial charge in [0.05, 0.1) is 0 Å². The Bertz CT molecular complexity index is 1070. The highest BCUT2D eigenvalue weighted by molar-refractivity contribution is 6.07. The van der Waals surface area contributed by atoms with Gasteiger partial charge in [-0.3, -0.25) is 0 Å². The zero-order valence-corrected chi connectivity index (χ0v) is 14.0. The van der Waals surface area contributed by atoms with E-state index in [-0.39, 0.29) is 5.69 Å². The summed E-state index contributed by atoms with van der Waals surface area (Å²) in [4.78, 5) is 14.7. The highest BCUT2D eigenvalue weighted by Crippen LogP contribution is 2.34. The Morgan fingerprint density at radius 1 is 0.923 bits per heavy atom. The van der Waals surface area contributed by atoms with E-state index in [9.17, 15) is 9.90 Å². The van der Waals surface area contributed by atoms with E-state index >= 15 is 0 Å². The topological polar surface area (TPSA) is 62.3 Å². The van der Waals surface area contributed by atoms with Crippen LogP contribution in [0.5, 0.6) is 5.75 Å². The van der Waals surface area contributed by atoms with Crippen LogP contribution in [0.25, 0.3) is 22.0 Å². The first-order chi connectivity index (χ1) is 12.7. The average molecular weight is 343 g/mol. The molecule has 0 saturated carbocycles. The Kier molecular flexibility index (Phi) is 4.15. The lowest BCUT2D eigenvalue weighted by molar-refractivity contribution is 0.0692. The second-order valence-electron chi connectivity index (χ2n) is 6.03. The van der Waals surface area contributed by atoms with Crippen molar-refractivity contribution in [2.24, 2.45) is 0 Å². The van der Waals surface area contributed by atoms with Crippen LogP contribution in [0.4, 0.5) is 0 Å². The lowest BCUT2D eigenvalue weighted by Crippen LogP contribution is -1.99. The van der Waals surface area contributed by atoms with Crippen LogP contribution in [0.2, 0.25) is 0 Å². The van der Waals surface area contributed by atoms with Crippen molar-refractivity contribution < 1.29 is 14.6 Å². The molecule has 2 N–H and O–H groups in total. The van der Waals surface area contributed by atoms with Gasteiger partial charge in [-0.1, -0.05) is 60.7 Å². The van der Waals surface area contributed by atoms with Gasteiger partial charge < -0.3 is 14.8 Å². The molecule has 4 nitrogen and oxygen atoms in total. The van der Waals surface area contributed by atoms with Crippen LogP contribution in [-0.2, 0) is 6.61 Å². The van der Waals surface area contributed by atoms with Gasteiger partial charge in [-0.2, -0.15) is 0 Å². The molecule has 128 valence electrons. The fraction of sp³-hybridized carbons (Fsp3) is 0.0455. The Hall–Kier alpha value is -3.53. The number of ether oxygens (including phenoxy) is 1. The Labute approximate surface area is 150 Å². The molecule has 0 fully saturated rings. The fourth-order valence-electron chi connectivity index (χ4n) is 3.08. The van der Waals surface area contributed by atoms with Gasteiger partial charge in [0, 0.05) is 16.5 Å². The molecule has 1 aromatic heterocycles. The molecule has 0 aliphatic carbocycles. The molecule has 0 aliphatic heterocycles. The van der Waals surface area contributed by atoms with Crippen molar-refractivity contribution in [2.75, 3.05) is 0 Å². The number of nitrogens with one attached hydrogen (secondary N) is 1. The number of fused-ring (bicyclic) bond motifs is 1. The number of carboxylic acid groups (broad SMARTS) is 1. The predicted octanol–water partition coefficient (Wildman–Crippen LogP) is 5.11. The highest BCUT2D eigenvalue weighted by Gasteiger charge is 2.18. The van der Waals surface area contributed by atoms with Crippen molar-refractivity contribution in [3.63, 3.8) is 0 Å². The van der Waals surface area contributed by atoms with Crippen molar-refractivity contribution in [3.8, 4) is 16.9 Å². The number of benzene rings is 3. The van der Waals surface area contributed by atoms with E-state index in [2.05, 4.69) is 4.98 Å². The van der Waals surface area contributed by atoms with Gasteiger partial charge >= 0.3 is 5.97 Å². The van der Waals surface area contributed by atoms with Crippen LogP contribution in [-0.4, -0.2) is 16.1 Å². The number of hydrogen-bond donors (Lipinski definition) is 2. The van der Waals surface area contributed by atoms with E-state index in [0.717, 1.165) is 22.0 Å². The van der Waals surface area contributed by atoms with Gasteiger partial charge in [0.2, 0.25) is 0 Å². The summed E-state index contributed by atoms with van der Waals surface area (Å²) in [6.45, 7) is 0.462. The largest absolute Gasteiger partial charge is 0.489 e. The summed E-state index contributed by atoms with van der Waals surface area (Å²) < 4.78 is 5.89. The quantitative estimate of drug-likeness (QED) is 0.529. The fourth-order valence-corrected chi connectivity index (χ4v) is 3.08. The Morgan fingerprint density at radius 3 is 2.50 bits per heavy atom. The molecule has 0 atom stereocenters. The van der Waals surface area contributed by atoms with E-state index < -0.39 is 5.97 Å². The minimum absolute atomic E-state index is 0.186. The maximum Gasteiger partial charge on any atom is 0.352 e. The monoisotopic (exact) mass is 343 g/mol. The van der Waals surface area contributed by atoms with Crippen molar-refractivity contribution >= 4 is 16.9 Å². The lowest BCUT2D eigenvalue weighted by Gasteiger charge is -2.09. The van der Waals surface area contributed by atoms with Crippen LogP contribution < -0.4 is 4.74 Å². The third-order valence-corrected chi connectivity index (χ3v) is 4.29. The molecule has 26 heavy (non-hydrogen) atoms. The summed E-state index contributed by atoms with van der Waals surface area (Å²) >= 11 is 0. The van der Waals surface area contributed by atoms with Crippen molar-refractivity contribution in [3.05, 3.63) is 90.1 Å². The number of aromatic carboxylic acids is 1. The molecule has 4 rings (SSSR count). The lowest BCUT2D eigenvalue weighted by atomic mass is 10.0. The van der Waals surface area contributed by atoms with E-state index in [1.807, 2.05) is 78.9 Å². The molecular weight excluding hydrogens is 326 g/mol. The second-order valence-corrected chi connectivity index (χ2v) is 6.03. The zero-order valence-electron chi connectivity index (χ0n) is 14.0. The van der Waals surface area contributed by atoms with Crippen LogP contribution in [0, 0.1) is 0 Å². The summed E-state index contributed by atoms with van der Waals surface area (Å²) in [6, 6.07) is 25.0. The van der Waals surface area contributed by atoms with E-state index in [4.69, 9.17) is 4.74 Å². The van der Waals surface area contributed by atoms with Crippen LogP contribution in [0.3, 0.4) is 0 Å². The Morgan fingerprint density at radius 2 is 1.69 bits per heavy atom. The molecule has 0 radical (unpaired) electrons. The number of rotatable bonds is 5. The molecule has 0 bridgehead atoms. The SMILES string of the molecule is O=C(O)c1[nH]c2ccccc2c1-c1cccc(OCc2ccccc2)c1. The maximum atomic E-state index is 11.7. The highest BCUT2D eigenvalue weighted by atomic mass is 16.5. The van der Waals surface area contributed by atoms with Crippen LogP contribution >= 0.6 is 0 Å². The number of aromatic nitrogens is 1. The van der Waals surface area contributed by atoms with Gasteiger partial charge in [-0.25, -0.2) is 4.79 Å². The number of H-pyrrole nitrogens is 1. The summed E-state index contributed by atoms with van der Waals surface area (Å²) in [6.07, 6.45) is 0. The molecule has 0 unspecified atom stereocenters. The van der Waals surface area contributed by atoms with E-state index in [0.29, 0.717) is 17.9 Å². The molecule has 0 spiro atoms. The molecule has 3 aromatic carbocycles. The standard InChI is InChI=1S/C22H17NO3/c24-22(25)21-20(18-11-4-5-12-19(18)23-21)16-9-6-10-17(13-16)26-14-15-7-2-1-3-8-15/h1-13,23H,14H2,(H,24,25). The molecular formula is C22H17NO3. The van der Waals surface area contributed by atoms with Crippen molar-refractivity contribution in [2.45, 2.75) is 6.61 Å². The zero-order chi connectivity index (χ0) is 17.9. The number of carboxylic acids is 1. The predicted molar refractivity (Wildman–Crippen MR) is 101 cm³/mol. The minimum atomic E-state index is -0.980. The van der Waals surface area contributed by atoms with Gasteiger partial charge in [-0.15, -0.1) is 0 Å². The maximum absolute atomic E-state index is 11.7. The summed E-state index contributed by atoms with van der Waals surface area (Å²) in [7, 11) is 0. The second kappa shape index (κ2) is 6.76. The first-order valence-electron chi connectivity index (χ1n) is 8.33. The smallest absolute Gasteiger partial charge is 0.352 e. The number of hydrogen-bond acceptors (Lipinski definition) is 2. The van der Waals surface area contributed by atoms with Gasteiger partial charge in [0.15, 0.2) is 0 Å². The molecule has 4 heteroatoms. The number of aromatic amines is 1. The minimum Gasteiger partial charge on any atom is -0.489 e. The van der Waals surface area contributed by atoms with Gasteiger partial charge in [0.25, 0.3) is 0 Å². The normalized spacial score (nSPS) is 10.8. The molecule has 1 heterocycles. The number of para-hydroxylation sites is 1. The van der Waals surface area contributed by atoms with E-state index in [1.54, 1.807) is 0 Å². The van der Waals surface area contributed by atoms with Gasteiger partial charge in [-0.05, 0) is 29.3 Å². The molecule has 0 saturated heterocycles. The van der Waals surface area contributed by atoms with Crippen molar-refractivity contribution in [1.29, 1.82) is 0 Å². The summed E-state index contributed by atoms with van der Waals surface area (Å²) in [5.41, 5.74) is 3.56. The summed E-state index contributed by atoms with van der Waals surface area (Å²) in [5, 5.41) is 10.5. The first kappa shape index (κ1) is 16.0. The van der Waals surface area contributed by atoms with Gasteiger partial charge in [0.1, 0.15) is 18.1 Å². The van der Waals surface area contributed by atoms with Crippen LogP contribution in [0.15, 0.2) is 78.9 Å². The summed E-state index contributed by atoms with van der Waals surface area (Å²) in [5.74, 6) is -0.278. The van der Waals surface area contributed by atoms with Crippen molar-refractivity contribution in [1.82, 2.24) is 4.98 Å².